The van der Waals surface area contributed by atoms with Crippen molar-refractivity contribution in [3.05, 3.63) is 23.8 Å². The number of oxime groups is 1. The van der Waals surface area contributed by atoms with Gasteiger partial charge in [0.1, 0.15) is 5.60 Å². The molecule has 7 rings (SSSR count). The fourth-order valence-electron chi connectivity index (χ4n) is 8.47. The first-order valence-corrected chi connectivity index (χ1v) is 12.7. The van der Waals surface area contributed by atoms with Crippen LogP contribution < -0.4 is 9.47 Å². The number of likely N-dealkylation sites (N-methyl/N-ethyl adjacent to an activating group) is 1. The van der Waals surface area contributed by atoms with Crippen LogP contribution in [-0.2, 0) is 10.3 Å². The lowest BCUT2D eigenvalue weighted by Crippen LogP contribution is -2.51. The Balaban J connectivity index is 1.22. The number of ether oxygens (including phenoxy) is 2. The molecule has 32 heavy (non-hydrogen) atoms. The van der Waals surface area contributed by atoms with Crippen LogP contribution in [0.1, 0.15) is 69.8 Å². The summed E-state index contributed by atoms with van der Waals surface area (Å²) >= 11 is 0. The summed E-state index contributed by atoms with van der Waals surface area (Å²) in [5, 5.41) is 4.90. The van der Waals surface area contributed by atoms with Crippen molar-refractivity contribution in [2.24, 2.45) is 22.9 Å². The molecule has 2 atom stereocenters. The second-order valence-electron chi connectivity index (χ2n) is 11.5. The zero-order valence-corrected chi connectivity index (χ0v) is 19.9. The van der Waals surface area contributed by atoms with Gasteiger partial charge in [-0.15, -0.1) is 0 Å². The molecule has 6 aliphatic rings. The second-order valence-corrected chi connectivity index (χ2v) is 11.5. The Morgan fingerprint density at radius 3 is 2.28 bits per heavy atom. The molecule has 1 aromatic carbocycles. The highest BCUT2D eigenvalue weighted by Crippen LogP contribution is 2.57. The van der Waals surface area contributed by atoms with E-state index in [2.05, 4.69) is 30.1 Å². The Hall–Kier alpha value is -1.75. The first-order valence-electron chi connectivity index (χ1n) is 12.7. The zero-order chi connectivity index (χ0) is 21.9. The normalized spacial score (nSPS) is 41.7. The van der Waals surface area contributed by atoms with Crippen LogP contribution in [-0.4, -0.2) is 50.1 Å². The van der Waals surface area contributed by atoms with Crippen LogP contribution in [0.4, 0.5) is 0 Å². The van der Waals surface area contributed by atoms with Crippen LogP contribution >= 0.6 is 0 Å². The SMILES string of the molecule is COc1ccc([C@@]23CC/C(=N/OC45CC6CC(CC(C6)C4)C5)C[C@@H]2N(C)CC3)cc1OC. The van der Waals surface area contributed by atoms with Crippen LogP contribution in [0.5, 0.6) is 11.5 Å². The number of likely N-dealkylation sites (tertiary alicyclic amines) is 1. The monoisotopic (exact) mass is 438 g/mol. The Bertz CT molecular complexity index is 877. The maximum Gasteiger partial charge on any atom is 0.161 e. The predicted octanol–water partition coefficient (Wildman–Crippen LogP) is 5.17. The lowest BCUT2D eigenvalue weighted by atomic mass is 9.54. The fourth-order valence-corrected chi connectivity index (χ4v) is 8.47. The molecule has 6 fully saturated rings. The van der Waals surface area contributed by atoms with E-state index in [1.54, 1.807) is 14.2 Å². The van der Waals surface area contributed by atoms with E-state index in [9.17, 15) is 0 Å². The molecular weight excluding hydrogens is 400 g/mol. The molecule has 1 saturated heterocycles. The summed E-state index contributed by atoms with van der Waals surface area (Å²) in [6.45, 7) is 1.13. The molecular formula is C27H38N2O3. The highest BCUT2D eigenvalue weighted by atomic mass is 16.6. The number of hydrogen-bond acceptors (Lipinski definition) is 5. The van der Waals surface area contributed by atoms with Gasteiger partial charge in [-0.3, -0.25) is 0 Å². The molecule has 0 unspecified atom stereocenters. The molecule has 5 nitrogen and oxygen atoms in total. The van der Waals surface area contributed by atoms with E-state index in [0.717, 1.165) is 55.1 Å². The Morgan fingerprint density at radius 1 is 0.938 bits per heavy atom. The van der Waals surface area contributed by atoms with Crippen LogP contribution in [0.2, 0.25) is 0 Å². The lowest BCUT2D eigenvalue weighted by Gasteiger charge is -2.54. The second kappa shape index (κ2) is 7.65. The molecule has 5 aliphatic carbocycles. The molecule has 0 N–H and O–H groups in total. The van der Waals surface area contributed by atoms with Crippen molar-refractivity contribution < 1.29 is 14.3 Å². The quantitative estimate of drug-likeness (QED) is 0.595. The van der Waals surface area contributed by atoms with E-state index in [1.807, 2.05) is 0 Å². The van der Waals surface area contributed by atoms with E-state index in [0.29, 0.717) is 6.04 Å². The highest BCUT2D eigenvalue weighted by Gasteiger charge is 2.54. The minimum atomic E-state index is 0.0568. The van der Waals surface area contributed by atoms with Crippen LogP contribution in [0.25, 0.3) is 0 Å². The Morgan fingerprint density at radius 2 is 1.62 bits per heavy atom. The minimum Gasteiger partial charge on any atom is -0.493 e. The van der Waals surface area contributed by atoms with Gasteiger partial charge in [-0.25, -0.2) is 0 Å². The van der Waals surface area contributed by atoms with Gasteiger partial charge in [-0.05, 0) is 107 Å². The molecule has 0 spiro atoms. The molecule has 0 aromatic heterocycles. The van der Waals surface area contributed by atoms with Gasteiger partial charge in [-0.1, -0.05) is 11.2 Å². The van der Waals surface area contributed by atoms with Gasteiger partial charge >= 0.3 is 0 Å². The smallest absolute Gasteiger partial charge is 0.161 e. The first kappa shape index (κ1) is 20.8. The molecule has 1 aliphatic heterocycles. The van der Waals surface area contributed by atoms with Crippen molar-refractivity contribution >= 4 is 5.71 Å². The Labute approximate surface area is 192 Å². The maximum absolute atomic E-state index is 6.50. The van der Waals surface area contributed by atoms with Crippen LogP contribution in [0, 0.1) is 17.8 Å². The summed E-state index contributed by atoms with van der Waals surface area (Å²) in [5.74, 6) is 4.32. The van der Waals surface area contributed by atoms with E-state index >= 15 is 0 Å². The van der Waals surface area contributed by atoms with Gasteiger partial charge in [-0.2, -0.15) is 0 Å². The van der Waals surface area contributed by atoms with Gasteiger partial charge in [0.2, 0.25) is 0 Å². The third-order valence-electron chi connectivity index (χ3n) is 9.68. The largest absolute Gasteiger partial charge is 0.493 e. The average Bonchev–Trinajstić information content (AvgIpc) is 3.13. The van der Waals surface area contributed by atoms with Crippen LogP contribution in [0.15, 0.2) is 23.4 Å². The summed E-state index contributed by atoms with van der Waals surface area (Å²) in [4.78, 5) is 9.04. The van der Waals surface area contributed by atoms with E-state index in [-0.39, 0.29) is 11.0 Å². The van der Waals surface area contributed by atoms with Crippen LogP contribution in [0.3, 0.4) is 0 Å². The summed E-state index contributed by atoms with van der Waals surface area (Å²) in [6.07, 6.45) is 12.4. The van der Waals surface area contributed by atoms with Crippen molar-refractivity contribution in [3.8, 4) is 11.5 Å². The van der Waals surface area contributed by atoms with E-state index in [4.69, 9.17) is 19.5 Å². The molecule has 1 aromatic rings. The standard InChI is InChI=1S/C27H38N2O3/c1-29-9-8-27(21-4-5-23(30-2)24(13-21)31-3)7-6-22(14-25(27)29)28-32-26-15-18-10-19(16-26)12-20(11-18)17-26/h4-5,13,18-20,25H,6-12,14-17H2,1-3H3/b28-22-/t18?,19?,20?,25-,26?,27-/m0/s1. The van der Waals surface area contributed by atoms with Gasteiger partial charge in [0.25, 0.3) is 0 Å². The Kier molecular flexibility index (Phi) is 4.98. The van der Waals surface area contributed by atoms with Gasteiger partial charge in [0.15, 0.2) is 11.5 Å². The minimum absolute atomic E-state index is 0.0568. The summed E-state index contributed by atoms with van der Waals surface area (Å²) < 4.78 is 11.1. The zero-order valence-electron chi connectivity index (χ0n) is 19.9. The third-order valence-corrected chi connectivity index (χ3v) is 9.68. The van der Waals surface area contributed by atoms with Gasteiger partial charge < -0.3 is 19.2 Å². The van der Waals surface area contributed by atoms with Gasteiger partial charge in [0.05, 0.1) is 19.9 Å². The average molecular weight is 439 g/mol. The molecule has 5 heteroatoms. The van der Waals surface area contributed by atoms with Crippen molar-refractivity contribution in [1.29, 1.82) is 0 Å². The summed E-state index contributed by atoms with van der Waals surface area (Å²) in [7, 11) is 5.70. The van der Waals surface area contributed by atoms with Crippen molar-refractivity contribution in [2.75, 3.05) is 27.8 Å². The summed E-state index contributed by atoms with van der Waals surface area (Å²) in [6, 6.07) is 6.99. The molecule has 0 radical (unpaired) electrons. The lowest BCUT2D eigenvalue weighted by molar-refractivity contribution is -0.162. The van der Waals surface area contributed by atoms with Crippen molar-refractivity contribution in [2.45, 2.75) is 81.3 Å². The third kappa shape index (κ3) is 3.26. The maximum atomic E-state index is 6.50. The summed E-state index contributed by atoms with van der Waals surface area (Å²) in [5.41, 5.74) is 2.87. The fraction of sp³-hybridized carbons (Fsp3) is 0.741. The van der Waals surface area contributed by atoms with Gasteiger partial charge in [0, 0.05) is 17.9 Å². The molecule has 174 valence electrons. The molecule has 5 saturated carbocycles. The number of nitrogens with zero attached hydrogens (tertiary/aromatic N) is 2. The molecule has 0 amide bonds. The highest BCUT2D eigenvalue weighted by molar-refractivity contribution is 5.86. The van der Waals surface area contributed by atoms with E-state index < -0.39 is 0 Å². The number of hydrogen-bond donors (Lipinski definition) is 0. The predicted molar refractivity (Wildman–Crippen MR) is 126 cm³/mol. The number of methoxy groups -OCH3 is 2. The number of rotatable bonds is 5. The number of benzene rings is 1. The van der Waals surface area contributed by atoms with Crippen molar-refractivity contribution in [3.63, 3.8) is 0 Å². The molecule has 1 heterocycles. The number of fused-ring (bicyclic) bond motifs is 1. The van der Waals surface area contributed by atoms with E-state index in [1.165, 1.54) is 56.2 Å². The topological polar surface area (TPSA) is 43.3 Å². The molecule has 4 bridgehead atoms. The first-order chi connectivity index (χ1) is 15.5. The van der Waals surface area contributed by atoms with Crippen molar-refractivity contribution in [1.82, 2.24) is 4.90 Å².